The third-order valence-corrected chi connectivity index (χ3v) is 9.46. The molecule has 2 aliphatic heterocycles. The Labute approximate surface area is 191 Å². The van der Waals surface area contributed by atoms with Gasteiger partial charge in [-0.15, -0.1) is 0 Å². The van der Waals surface area contributed by atoms with E-state index in [2.05, 4.69) is 0 Å². The molecule has 0 aromatic heterocycles. The van der Waals surface area contributed by atoms with Crippen LogP contribution in [0.3, 0.4) is 0 Å². The lowest BCUT2D eigenvalue weighted by Crippen LogP contribution is -2.57. The van der Waals surface area contributed by atoms with Gasteiger partial charge in [0.1, 0.15) is 11.8 Å². The molecule has 5 nitrogen and oxygen atoms in total. The molecule has 4 bridgehead atoms. The van der Waals surface area contributed by atoms with E-state index >= 15 is 0 Å². The first kappa shape index (κ1) is 20.6. The molecule has 0 spiro atoms. The number of nitrogens with zero attached hydrogens (tertiary/aromatic N) is 2. The number of likely N-dealkylation sites (tertiary alicyclic amines) is 2. The molecule has 2 heterocycles. The summed E-state index contributed by atoms with van der Waals surface area (Å²) >= 11 is 0. The van der Waals surface area contributed by atoms with E-state index in [1.807, 2.05) is 21.9 Å². The van der Waals surface area contributed by atoms with Crippen LogP contribution in [0.15, 0.2) is 24.3 Å². The number of hydrogen-bond donors (Lipinski definition) is 1. The quantitative estimate of drug-likeness (QED) is 0.768. The third-order valence-electron chi connectivity index (χ3n) is 9.46. The first-order chi connectivity index (χ1) is 15.5. The van der Waals surface area contributed by atoms with E-state index in [1.165, 1.54) is 24.8 Å². The molecule has 32 heavy (non-hydrogen) atoms. The van der Waals surface area contributed by atoms with Crippen LogP contribution < -0.4 is 0 Å². The number of phenolic OH excluding ortho intramolecular Hbond substituents is 1. The van der Waals surface area contributed by atoms with Crippen LogP contribution in [0.2, 0.25) is 0 Å². The summed E-state index contributed by atoms with van der Waals surface area (Å²) < 4.78 is 0. The second-order valence-corrected chi connectivity index (χ2v) is 11.5. The molecule has 1 N–H and O–H groups in total. The summed E-state index contributed by atoms with van der Waals surface area (Å²) in [6, 6.07) is 7.26. The Bertz CT molecular complexity index is 851. The van der Waals surface area contributed by atoms with Crippen molar-refractivity contribution in [1.82, 2.24) is 9.80 Å². The second-order valence-electron chi connectivity index (χ2n) is 11.5. The van der Waals surface area contributed by atoms with E-state index in [0.717, 1.165) is 82.3 Å². The van der Waals surface area contributed by atoms with Crippen molar-refractivity contribution in [3.05, 3.63) is 29.8 Å². The zero-order valence-electron chi connectivity index (χ0n) is 19.0. The van der Waals surface area contributed by atoms with Gasteiger partial charge in [0.2, 0.25) is 11.8 Å². The molecular formula is C27H36N2O3. The Morgan fingerprint density at radius 2 is 1.44 bits per heavy atom. The van der Waals surface area contributed by atoms with Crippen molar-refractivity contribution >= 4 is 11.8 Å². The van der Waals surface area contributed by atoms with Crippen molar-refractivity contribution in [2.45, 2.75) is 76.2 Å². The predicted molar refractivity (Wildman–Crippen MR) is 122 cm³/mol. The van der Waals surface area contributed by atoms with Crippen molar-refractivity contribution in [1.29, 1.82) is 0 Å². The number of benzene rings is 1. The molecule has 4 saturated carbocycles. The van der Waals surface area contributed by atoms with E-state index in [1.54, 1.807) is 12.1 Å². The van der Waals surface area contributed by atoms with Gasteiger partial charge >= 0.3 is 0 Å². The van der Waals surface area contributed by atoms with Crippen molar-refractivity contribution in [3.8, 4) is 5.75 Å². The largest absolute Gasteiger partial charge is 0.508 e. The van der Waals surface area contributed by atoms with E-state index < -0.39 is 0 Å². The first-order valence-corrected chi connectivity index (χ1v) is 12.9. The number of piperidine rings is 1. The molecule has 4 aliphatic carbocycles. The number of hydrogen-bond acceptors (Lipinski definition) is 3. The molecule has 1 atom stereocenters. The van der Waals surface area contributed by atoms with Crippen LogP contribution in [0.5, 0.6) is 5.75 Å². The lowest BCUT2D eigenvalue weighted by atomic mass is 9.49. The maximum Gasteiger partial charge on any atom is 0.245 e. The molecule has 7 rings (SSSR count). The van der Waals surface area contributed by atoms with Crippen LogP contribution >= 0.6 is 0 Å². The highest BCUT2D eigenvalue weighted by Gasteiger charge is 2.57. The van der Waals surface area contributed by atoms with Gasteiger partial charge in [0.05, 0.1) is 5.41 Å². The summed E-state index contributed by atoms with van der Waals surface area (Å²) in [5, 5.41) is 9.54. The molecule has 5 heteroatoms. The van der Waals surface area contributed by atoms with Crippen LogP contribution in [-0.2, 0) is 9.59 Å². The molecule has 6 aliphatic rings. The molecular weight excluding hydrogens is 400 g/mol. The number of aromatic hydroxyl groups is 1. The molecule has 1 aromatic carbocycles. The smallest absolute Gasteiger partial charge is 0.245 e. The maximum atomic E-state index is 13.9. The average molecular weight is 437 g/mol. The molecule has 172 valence electrons. The molecule has 2 saturated heterocycles. The Hall–Kier alpha value is -2.04. The Morgan fingerprint density at radius 1 is 0.844 bits per heavy atom. The fraction of sp³-hybridized carbons (Fsp3) is 0.704. The summed E-state index contributed by atoms with van der Waals surface area (Å²) in [5.74, 6) is 3.50. The summed E-state index contributed by atoms with van der Waals surface area (Å²) in [4.78, 5) is 31.5. The maximum absolute atomic E-state index is 13.9. The van der Waals surface area contributed by atoms with Gasteiger partial charge in [0.25, 0.3) is 0 Å². The minimum atomic E-state index is -0.235. The fourth-order valence-corrected chi connectivity index (χ4v) is 8.33. The highest BCUT2D eigenvalue weighted by Crippen LogP contribution is 2.60. The zero-order chi connectivity index (χ0) is 21.9. The van der Waals surface area contributed by atoms with Crippen LogP contribution in [0.25, 0.3) is 0 Å². The number of carbonyl (C=O) groups excluding carboxylic acids is 2. The standard InChI is InChI=1S/C27H36N2O3/c30-23-5-3-21(4-6-23)22-7-10-28(11-8-22)25(31)24-2-1-9-29(24)26(32)27-15-18-12-19(16-27)14-20(13-18)17-27/h3-6,18-20,22,24,30H,1-2,7-17H2. The zero-order valence-corrected chi connectivity index (χ0v) is 19.0. The van der Waals surface area contributed by atoms with Crippen LogP contribution in [0, 0.1) is 23.2 Å². The number of amides is 2. The number of carbonyl (C=O) groups is 2. The van der Waals surface area contributed by atoms with Crippen LogP contribution in [0.4, 0.5) is 0 Å². The fourth-order valence-electron chi connectivity index (χ4n) is 8.33. The summed E-state index contributed by atoms with van der Waals surface area (Å²) in [6.07, 6.45) is 10.9. The van der Waals surface area contributed by atoms with Gasteiger partial charge in [-0.2, -0.15) is 0 Å². The monoisotopic (exact) mass is 436 g/mol. The van der Waals surface area contributed by atoms with Crippen molar-refractivity contribution in [3.63, 3.8) is 0 Å². The molecule has 6 fully saturated rings. The minimum Gasteiger partial charge on any atom is -0.508 e. The van der Waals surface area contributed by atoms with E-state index in [4.69, 9.17) is 0 Å². The van der Waals surface area contributed by atoms with Gasteiger partial charge in [0.15, 0.2) is 0 Å². The molecule has 0 radical (unpaired) electrons. The van der Waals surface area contributed by atoms with Crippen molar-refractivity contribution in [2.75, 3.05) is 19.6 Å². The van der Waals surface area contributed by atoms with Gasteiger partial charge < -0.3 is 14.9 Å². The second kappa shape index (κ2) is 7.78. The van der Waals surface area contributed by atoms with E-state index in [9.17, 15) is 14.7 Å². The molecule has 1 aromatic rings. The minimum absolute atomic E-state index is 0.149. The van der Waals surface area contributed by atoms with Crippen LogP contribution in [0.1, 0.15) is 75.7 Å². The van der Waals surface area contributed by atoms with Crippen molar-refractivity contribution in [2.24, 2.45) is 23.2 Å². The van der Waals surface area contributed by atoms with Gasteiger partial charge in [-0.25, -0.2) is 0 Å². The normalized spacial score (nSPS) is 36.6. The van der Waals surface area contributed by atoms with Crippen molar-refractivity contribution < 1.29 is 14.7 Å². The van der Waals surface area contributed by atoms with Gasteiger partial charge in [0, 0.05) is 19.6 Å². The lowest BCUT2D eigenvalue weighted by molar-refractivity contribution is -0.162. The highest BCUT2D eigenvalue weighted by atomic mass is 16.3. The molecule has 1 unspecified atom stereocenters. The Kier molecular flexibility index (Phi) is 5.00. The summed E-state index contributed by atoms with van der Waals surface area (Å²) in [5.41, 5.74) is 1.10. The highest BCUT2D eigenvalue weighted by molar-refractivity contribution is 5.91. The molecule has 2 amide bonds. The number of phenols is 1. The Balaban J connectivity index is 1.12. The SMILES string of the molecule is O=C(C1CCCN1C(=O)C12CC3CC(CC(C3)C1)C2)N1CCC(c2ccc(O)cc2)CC1. The lowest BCUT2D eigenvalue weighted by Gasteiger charge is -2.56. The van der Waals surface area contributed by atoms with Gasteiger partial charge in [-0.3, -0.25) is 9.59 Å². The topological polar surface area (TPSA) is 60.9 Å². The van der Waals surface area contributed by atoms with E-state index in [0.29, 0.717) is 17.6 Å². The average Bonchev–Trinajstić information content (AvgIpc) is 3.27. The first-order valence-electron chi connectivity index (χ1n) is 12.9. The summed E-state index contributed by atoms with van der Waals surface area (Å²) in [6.45, 7) is 2.29. The van der Waals surface area contributed by atoms with Gasteiger partial charge in [-0.1, -0.05) is 12.1 Å². The predicted octanol–water partition coefficient (Wildman–Crippen LogP) is 4.31. The summed E-state index contributed by atoms with van der Waals surface area (Å²) in [7, 11) is 0. The van der Waals surface area contributed by atoms with Crippen LogP contribution in [-0.4, -0.2) is 52.4 Å². The number of rotatable bonds is 3. The third kappa shape index (κ3) is 3.43. The van der Waals surface area contributed by atoms with E-state index in [-0.39, 0.29) is 17.4 Å². The van der Waals surface area contributed by atoms with Gasteiger partial charge in [-0.05, 0) is 106 Å². The Morgan fingerprint density at radius 3 is 2.03 bits per heavy atom.